The van der Waals surface area contributed by atoms with Gasteiger partial charge in [0.1, 0.15) is 6.26 Å². The van der Waals surface area contributed by atoms with E-state index in [-0.39, 0.29) is 11.9 Å². The molecule has 1 saturated heterocycles. The van der Waals surface area contributed by atoms with Crippen LogP contribution in [0.25, 0.3) is 0 Å². The molecule has 1 amide bonds. The van der Waals surface area contributed by atoms with E-state index < -0.39 is 0 Å². The molecule has 16 heavy (non-hydrogen) atoms. The zero-order chi connectivity index (χ0) is 11.3. The van der Waals surface area contributed by atoms with Crippen LogP contribution in [0.3, 0.4) is 0 Å². The van der Waals surface area contributed by atoms with Crippen LogP contribution in [0, 0.1) is 5.92 Å². The molecule has 1 aromatic heterocycles. The summed E-state index contributed by atoms with van der Waals surface area (Å²) in [5, 5.41) is 0.458. The number of hydrogen-bond acceptors (Lipinski definition) is 3. The first kappa shape index (κ1) is 10.2. The smallest absolute Gasteiger partial charge is 0.290 e. The number of halogens is 1. The molecule has 0 spiro atoms. The van der Waals surface area contributed by atoms with Crippen molar-refractivity contribution in [1.29, 1.82) is 0 Å². The highest BCUT2D eigenvalue weighted by Gasteiger charge is 2.53. The second-order valence-corrected chi connectivity index (χ2v) is 4.97. The summed E-state index contributed by atoms with van der Waals surface area (Å²) in [6, 6.07) is 2.11. The average Bonchev–Trinajstić information content (AvgIpc) is 2.74. The fraction of sp³-hybridized carbons (Fsp3) is 0.545. The lowest BCUT2D eigenvalue weighted by molar-refractivity contribution is 0.0673. The minimum absolute atomic E-state index is 0.0765. The van der Waals surface area contributed by atoms with Crippen LogP contribution < -0.4 is 5.73 Å². The Hall–Kier alpha value is -1.00. The van der Waals surface area contributed by atoms with Gasteiger partial charge in [0, 0.05) is 24.7 Å². The number of furan rings is 1. The van der Waals surface area contributed by atoms with E-state index in [0.29, 0.717) is 29.3 Å². The first-order valence-corrected chi connectivity index (χ1v) is 5.85. The number of rotatable bonds is 2. The average molecular weight is 241 g/mol. The van der Waals surface area contributed by atoms with Crippen molar-refractivity contribution in [2.75, 3.05) is 6.54 Å². The number of hydrogen-bond donors (Lipinski definition) is 1. The Morgan fingerprint density at radius 3 is 3.06 bits per heavy atom. The number of fused-ring (bicyclic) bond motifs is 1. The molecule has 1 saturated carbocycles. The second-order valence-electron chi connectivity index (χ2n) is 4.53. The van der Waals surface area contributed by atoms with E-state index in [0.717, 1.165) is 12.8 Å². The van der Waals surface area contributed by atoms with Crippen molar-refractivity contribution in [3.8, 4) is 0 Å². The van der Waals surface area contributed by atoms with Gasteiger partial charge >= 0.3 is 0 Å². The lowest BCUT2D eigenvalue weighted by Crippen LogP contribution is -2.42. The van der Waals surface area contributed by atoms with Gasteiger partial charge in [-0.05, 0) is 18.8 Å². The molecular weight excluding hydrogens is 228 g/mol. The summed E-state index contributed by atoms with van der Waals surface area (Å²) >= 11 is 5.74. The molecule has 1 aliphatic carbocycles. The zero-order valence-electron chi connectivity index (χ0n) is 8.73. The third-order valence-electron chi connectivity index (χ3n) is 3.50. The van der Waals surface area contributed by atoms with Gasteiger partial charge in [-0.1, -0.05) is 11.6 Å². The van der Waals surface area contributed by atoms with Gasteiger partial charge in [0.15, 0.2) is 5.76 Å². The molecule has 2 N–H and O–H groups in total. The van der Waals surface area contributed by atoms with Crippen LogP contribution in [0.2, 0.25) is 5.02 Å². The summed E-state index contributed by atoms with van der Waals surface area (Å²) in [6.07, 6.45) is 3.52. The molecule has 1 aliphatic heterocycles. The lowest BCUT2D eigenvalue weighted by atomic mass is 10.1. The predicted molar refractivity (Wildman–Crippen MR) is 59.2 cm³/mol. The Bertz CT molecular complexity index is 431. The molecule has 3 atom stereocenters. The van der Waals surface area contributed by atoms with E-state index >= 15 is 0 Å². The van der Waals surface area contributed by atoms with Gasteiger partial charge in [-0.15, -0.1) is 0 Å². The van der Waals surface area contributed by atoms with Crippen LogP contribution in [0.4, 0.5) is 0 Å². The molecule has 2 aliphatic rings. The number of carbonyl (C=O) groups is 1. The Morgan fingerprint density at radius 2 is 2.44 bits per heavy atom. The third kappa shape index (κ3) is 1.44. The molecule has 4 nitrogen and oxygen atoms in total. The normalized spacial score (nSPS) is 31.6. The number of carbonyl (C=O) groups excluding carboxylic acids is 1. The highest BCUT2D eigenvalue weighted by Crippen LogP contribution is 2.48. The van der Waals surface area contributed by atoms with Gasteiger partial charge in [0.2, 0.25) is 0 Å². The number of amides is 1. The van der Waals surface area contributed by atoms with Gasteiger partial charge in [0.25, 0.3) is 5.91 Å². The van der Waals surface area contributed by atoms with Crippen LogP contribution in [-0.2, 0) is 0 Å². The van der Waals surface area contributed by atoms with Crippen LogP contribution in [0.5, 0.6) is 0 Å². The predicted octanol–water partition coefficient (Wildman–Crippen LogP) is 1.49. The van der Waals surface area contributed by atoms with Gasteiger partial charge in [-0.25, -0.2) is 0 Å². The Labute approximate surface area is 98.3 Å². The summed E-state index contributed by atoms with van der Waals surface area (Å²) in [5.74, 6) is 0.895. The SMILES string of the molecule is NCC1CC2CC2N1C(=O)c1cc(Cl)co1. The monoisotopic (exact) mass is 240 g/mol. The number of nitrogens with zero attached hydrogens (tertiary/aromatic N) is 1. The standard InChI is InChI=1S/C11H13ClN2O2/c12-7-3-10(16-5-7)11(15)14-8(4-13)1-6-2-9(6)14/h3,5-6,8-9H,1-2,4,13H2. The second kappa shape index (κ2) is 3.50. The summed E-state index contributed by atoms with van der Waals surface area (Å²) in [6.45, 7) is 0.521. The molecule has 3 unspecified atom stereocenters. The maximum absolute atomic E-state index is 12.2. The minimum atomic E-state index is -0.0765. The van der Waals surface area contributed by atoms with Crippen molar-refractivity contribution >= 4 is 17.5 Å². The maximum Gasteiger partial charge on any atom is 0.290 e. The number of likely N-dealkylation sites (tertiary alicyclic amines) is 1. The summed E-state index contributed by atoms with van der Waals surface area (Å²) < 4.78 is 5.13. The fourth-order valence-corrected chi connectivity index (χ4v) is 2.78. The van der Waals surface area contributed by atoms with Gasteiger partial charge in [-0.3, -0.25) is 4.79 Å². The Morgan fingerprint density at radius 1 is 1.62 bits per heavy atom. The molecule has 1 aromatic rings. The van der Waals surface area contributed by atoms with Crippen molar-refractivity contribution < 1.29 is 9.21 Å². The van der Waals surface area contributed by atoms with Crippen LogP contribution >= 0.6 is 11.6 Å². The molecule has 0 radical (unpaired) electrons. The van der Waals surface area contributed by atoms with Crippen LogP contribution in [0.1, 0.15) is 23.4 Å². The van der Waals surface area contributed by atoms with Crippen molar-refractivity contribution in [2.45, 2.75) is 24.9 Å². The van der Waals surface area contributed by atoms with Crippen LogP contribution in [-0.4, -0.2) is 29.4 Å². The van der Waals surface area contributed by atoms with E-state index in [2.05, 4.69) is 0 Å². The first-order chi connectivity index (χ1) is 7.70. The first-order valence-electron chi connectivity index (χ1n) is 5.47. The third-order valence-corrected chi connectivity index (χ3v) is 3.69. The van der Waals surface area contributed by atoms with E-state index in [9.17, 15) is 4.79 Å². The van der Waals surface area contributed by atoms with E-state index in [1.807, 2.05) is 4.90 Å². The molecule has 0 bridgehead atoms. The fourth-order valence-electron chi connectivity index (χ4n) is 2.64. The quantitative estimate of drug-likeness (QED) is 0.852. The van der Waals surface area contributed by atoms with Gasteiger partial charge < -0.3 is 15.1 Å². The Kier molecular flexibility index (Phi) is 2.23. The van der Waals surface area contributed by atoms with Crippen molar-refractivity contribution in [2.24, 2.45) is 11.7 Å². The lowest BCUT2D eigenvalue weighted by Gasteiger charge is -2.25. The van der Waals surface area contributed by atoms with E-state index in [1.165, 1.54) is 6.26 Å². The zero-order valence-corrected chi connectivity index (χ0v) is 9.48. The van der Waals surface area contributed by atoms with Crippen molar-refractivity contribution in [3.63, 3.8) is 0 Å². The molecule has 2 heterocycles. The molecule has 5 heteroatoms. The van der Waals surface area contributed by atoms with Crippen molar-refractivity contribution in [3.05, 3.63) is 23.1 Å². The van der Waals surface area contributed by atoms with Gasteiger partial charge in [-0.2, -0.15) is 0 Å². The largest absolute Gasteiger partial charge is 0.458 e. The van der Waals surface area contributed by atoms with Crippen molar-refractivity contribution in [1.82, 2.24) is 4.90 Å². The molecule has 86 valence electrons. The summed E-state index contributed by atoms with van der Waals surface area (Å²) in [7, 11) is 0. The topological polar surface area (TPSA) is 59.5 Å². The highest BCUT2D eigenvalue weighted by molar-refractivity contribution is 6.30. The van der Waals surface area contributed by atoms with E-state index in [1.54, 1.807) is 6.07 Å². The molecule has 3 rings (SSSR count). The summed E-state index contributed by atoms with van der Waals surface area (Å²) in [5.41, 5.74) is 5.68. The molecule has 2 fully saturated rings. The number of piperidine rings is 1. The Balaban J connectivity index is 1.84. The molecular formula is C11H13ClN2O2. The minimum Gasteiger partial charge on any atom is -0.458 e. The van der Waals surface area contributed by atoms with Gasteiger partial charge in [0.05, 0.1) is 5.02 Å². The number of nitrogens with two attached hydrogens (primary N) is 1. The molecule has 0 aromatic carbocycles. The van der Waals surface area contributed by atoms with Crippen LogP contribution in [0.15, 0.2) is 16.7 Å². The van der Waals surface area contributed by atoms with E-state index in [4.69, 9.17) is 21.8 Å². The maximum atomic E-state index is 12.2. The highest BCUT2D eigenvalue weighted by atomic mass is 35.5. The summed E-state index contributed by atoms with van der Waals surface area (Å²) in [4.78, 5) is 14.1.